The molecule has 1 amide bonds. The van der Waals surface area contributed by atoms with E-state index < -0.39 is 86.8 Å². The summed E-state index contributed by atoms with van der Waals surface area (Å²) in [5.74, 6) is -0.235. The summed E-state index contributed by atoms with van der Waals surface area (Å²) in [6.07, 6.45) is 41.6. The van der Waals surface area contributed by atoms with Gasteiger partial charge in [-0.15, -0.1) is 0 Å². The minimum atomic E-state index is -1.78. The highest BCUT2D eigenvalue weighted by Gasteiger charge is 2.51. The van der Waals surface area contributed by atoms with Crippen LogP contribution in [-0.4, -0.2) is 140 Å². The maximum absolute atomic E-state index is 13.2. The summed E-state index contributed by atoms with van der Waals surface area (Å²) < 4.78 is 22.7. The fourth-order valence-electron chi connectivity index (χ4n) is 11.0. The van der Waals surface area contributed by atoms with Gasteiger partial charge in [-0.2, -0.15) is 0 Å². The highest BCUT2D eigenvalue weighted by atomic mass is 16.7. The summed E-state index contributed by atoms with van der Waals surface area (Å²) in [7, 11) is 0. The summed E-state index contributed by atoms with van der Waals surface area (Å²) in [4.78, 5) is 13.2. The van der Waals surface area contributed by atoms with Gasteiger partial charge in [0.05, 0.1) is 32.0 Å². The molecule has 2 fully saturated rings. The van der Waals surface area contributed by atoms with Crippen LogP contribution in [0.15, 0.2) is 12.2 Å². The van der Waals surface area contributed by atoms with Crippen molar-refractivity contribution in [2.24, 2.45) is 0 Å². The van der Waals surface area contributed by atoms with Crippen LogP contribution in [-0.2, 0) is 23.7 Å². The number of aliphatic hydroxyl groups is 8. The van der Waals surface area contributed by atoms with Gasteiger partial charge in [-0.1, -0.05) is 276 Å². The van der Waals surface area contributed by atoms with Gasteiger partial charge in [0.2, 0.25) is 5.91 Å². The lowest BCUT2D eigenvalue weighted by molar-refractivity contribution is -0.359. The van der Waals surface area contributed by atoms with Crippen LogP contribution in [0.4, 0.5) is 0 Å². The third-order valence-corrected chi connectivity index (χ3v) is 16.2. The van der Waals surface area contributed by atoms with E-state index in [0.717, 1.165) is 38.5 Å². The molecule has 0 saturated carbocycles. The number of amides is 1. The Kier molecular flexibility index (Phi) is 46.0. The van der Waals surface area contributed by atoms with Gasteiger partial charge in [0.25, 0.3) is 0 Å². The number of unbranched alkanes of at least 4 members (excludes halogenated alkanes) is 40. The molecular formula is C63H121NO13. The summed E-state index contributed by atoms with van der Waals surface area (Å²) in [6.45, 7) is 2.80. The van der Waals surface area contributed by atoms with E-state index in [1.165, 1.54) is 225 Å². The van der Waals surface area contributed by atoms with E-state index in [1.807, 2.05) is 6.08 Å². The lowest BCUT2D eigenvalue weighted by Crippen LogP contribution is -2.65. The molecule has 0 aliphatic carbocycles. The van der Waals surface area contributed by atoms with Crippen LogP contribution in [0.3, 0.4) is 0 Å². The normalized spacial score (nSPS) is 24.7. The molecule has 14 nitrogen and oxygen atoms in total. The van der Waals surface area contributed by atoms with Crippen molar-refractivity contribution in [3.8, 4) is 0 Å². The molecule has 2 rings (SSSR count). The third-order valence-electron chi connectivity index (χ3n) is 16.2. The van der Waals surface area contributed by atoms with Crippen LogP contribution in [0.5, 0.6) is 0 Å². The monoisotopic (exact) mass is 1100 g/mol. The Morgan fingerprint density at radius 3 is 1.19 bits per heavy atom. The van der Waals surface area contributed by atoms with Crippen LogP contribution < -0.4 is 5.32 Å². The Morgan fingerprint density at radius 1 is 0.455 bits per heavy atom. The Hall–Kier alpha value is -1.27. The second-order valence-corrected chi connectivity index (χ2v) is 23.3. The van der Waals surface area contributed by atoms with Gasteiger partial charge in [0.15, 0.2) is 12.6 Å². The molecule has 2 heterocycles. The van der Waals surface area contributed by atoms with Crippen LogP contribution in [0.1, 0.15) is 290 Å². The van der Waals surface area contributed by atoms with E-state index >= 15 is 0 Å². The molecule has 456 valence electrons. The van der Waals surface area contributed by atoms with E-state index in [0.29, 0.717) is 6.42 Å². The first kappa shape index (κ1) is 71.8. The number of allylic oxidation sites excluding steroid dienone is 1. The van der Waals surface area contributed by atoms with E-state index in [4.69, 9.17) is 18.9 Å². The van der Waals surface area contributed by atoms with E-state index in [9.17, 15) is 45.6 Å². The number of hydrogen-bond acceptors (Lipinski definition) is 13. The van der Waals surface area contributed by atoms with Gasteiger partial charge in [-0.3, -0.25) is 4.79 Å². The number of ether oxygens (including phenoxy) is 4. The highest BCUT2D eigenvalue weighted by Crippen LogP contribution is 2.30. The molecule has 0 aromatic rings. The quantitative estimate of drug-likeness (QED) is 0.0204. The number of nitrogens with one attached hydrogen (secondary N) is 1. The summed E-state index contributed by atoms with van der Waals surface area (Å²) in [5, 5.41) is 86.9. The fourth-order valence-corrected chi connectivity index (χ4v) is 11.0. The molecule has 0 bridgehead atoms. The maximum Gasteiger partial charge on any atom is 0.220 e. The zero-order valence-electron chi connectivity index (χ0n) is 49.2. The van der Waals surface area contributed by atoms with Gasteiger partial charge in [0, 0.05) is 6.42 Å². The summed E-state index contributed by atoms with van der Waals surface area (Å²) in [5.41, 5.74) is 0. The zero-order valence-corrected chi connectivity index (χ0v) is 49.2. The van der Waals surface area contributed by atoms with Crippen molar-refractivity contribution in [1.29, 1.82) is 0 Å². The van der Waals surface area contributed by atoms with Crippen molar-refractivity contribution in [2.45, 2.75) is 364 Å². The van der Waals surface area contributed by atoms with Crippen molar-refractivity contribution < 1.29 is 64.6 Å². The van der Waals surface area contributed by atoms with Crippen molar-refractivity contribution in [3.05, 3.63) is 12.2 Å². The molecule has 2 saturated heterocycles. The first-order valence-electron chi connectivity index (χ1n) is 32.4. The fraction of sp³-hybridized carbons (Fsp3) is 0.952. The van der Waals surface area contributed by atoms with E-state index in [2.05, 4.69) is 19.2 Å². The van der Waals surface area contributed by atoms with Crippen molar-refractivity contribution in [1.82, 2.24) is 5.32 Å². The average Bonchev–Trinajstić information content (AvgIpc) is 3.44. The molecule has 0 spiro atoms. The predicted octanol–water partition coefficient (Wildman–Crippen LogP) is 11.8. The molecule has 77 heavy (non-hydrogen) atoms. The van der Waals surface area contributed by atoms with Gasteiger partial charge in [-0.05, 0) is 19.3 Å². The lowest BCUT2D eigenvalue weighted by Gasteiger charge is -2.46. The summed E-state index contributed by atoms with van der Waals surface area (Å²) >= 11 is 0. The first-order chi connectivity index (χ1) is 37.6. The number of carbonyl (C=O) groups excluding carboxylic acids is 1. The van der Waals surface area contributed by atoms with Crippen LogP contribution >= 0.6 is 0 Å². The molecule has 14 heteroatoms. The number of carbonyl (C=O) groups is 1. The minimum Gasteiger partial charge on any atom is -0.394 e. The average molecular weight is 1100 g/mol. The zero-order chi connectivity index (χ0) is 56.0. The van der Waals surface area contributed by atoms with Crippen LogP contribution in [0, 0.1) is 0 Å². The van der Waals surface area contributed by atoms with Crippen molar-refractivity contribution in [2.75, 3.05) is 19.8 Å². The second-order valence-electron chi connectivity index (χ2n) is 23.3. The molecule has 9 N–H and O–H groups in total. The minimum absolute atomic E-state index is 0.235. The van der Waals surface area contributed by atoms with Crippen LogP contribution in [0.25, 0.3) is 0 Å². The molecule has 0 aromatic heterocycles. The Labute approximate surface area is 469 Å². The Morgan fingerprint density at radius 2 is 0.805 bits per heavy atom. The van der Waals surface area contributed by atoms with Gasteiger partial charge in [0.1, 0.15) is 48.8 Å². The highest BCUT2D eigenvalue weighted by molar-refractivity contribution is 5.76. The van der Waals surface area contributed by atoms with Crippen molar-refractivity contribution >= 4 is 5.91 Å². The second kappa shape index (κ2) is 49.3. The molecule has 0 radical (unpaired) electrons. The van der Waals surface area contributed by atoms with Crippen LogP contribution in [0.2, 0.25) is 0 Å². The molecule has 12 unspecified atom stereocenters. The van der Waals surface area contributed by atoms with Gasteiger partial charge >= 0.3 is 0 Å². The van der Waals surface area contributed by atoms with E-state index in [-0.39, 0.29) is 18.9 Å². The third kappa shape index (κ3) is 34.7. The maximum atomic E-state index is 13.2. The van der Waals surface area contributed by atoms with Gasteiger partial charge < -0.3 is 65.1 Å². The smallest absolute Gasteiger partial charge is 0.220 e. The molecule has 12 atom stereocenters. The largest absolute Gasteiger partial charge is 0.394 e. The first-order valence-corrected chi connectivity index (χ1v) is 32.4. The SMILES string of the molecule is CCCCCCCCCC/C=C/C(O)C(COC1OC(CO)C(OC2OC(CO)C(O)C(O)C2O)C(O)C1O)NC(=O)CCCCCCCCCCCCCCCCCCCCCCCCCCCCCCCCCCC. The molecule has 2 aliphatic heterocycles. The van der Waals surface area contributed by atoms with Crippen molar-refractivity contribution in [3.63, 3.8) is 0 Å². The predicted molar refractivity (Wildman–Crippen MR) is 309 cm³/mol. The molecule has 0 aromatic carbocycles. The topological polar surface area (TPSA) is 228 Å². The lowest BCUT2D eigenvalue weighted by atomic mass is 9.97. The Balaban J connectivity index is 1.58. The van der Waals surface area contributed by atoms with E-state index in [1.54, 1.807) is 6.08 Å². The molecular weight excluding hydrogens is 979 g/mol. The number of hydrogen-bond donors (Lipinski definition) is 9. The number of rotatable bonds is 53. The van der Waals surface area contributed by atoms with Gasteiger partial charge in [-0.25, -0.2) is 0 Å². The summed E-state index contributed by atoms with van der Waals surface area (Å²) in [6, 6.07) is -0.908. The standard InChI is InChI=1S/C63H121NO13/c1-3-5-7-9-11-13-15-16-17-18-19-20-21-22-23-24-25-26-27-28-29-30-31-32-33-34-35-36-37-39-41-43-45-47-55(68)64-51(52(67)46-44-42-40-38-14-12-10-8-6-4-2)50-74-62-60(73)58(71)61(54(49-66)76-62)77-63-59(72)57(70)56(69)53(48-65)75-63/h44,46,51-54,56-63,65-67,69-73H,3-43,45,47-50H2,1-2H3,(H,64,68)/b46-44+. The number of aliphatic hydroxyl groups excluding tert-OH is 8. The molecule has 2 aliphatic rings. The Bertz CT molecular complexity index is 1340.